The number of anilines is 1. The van der Waals surface area contributed by atoms with Gasteiger partial charge in [-0.2, -0.15) is 0 Å². The molecule has 6 heteroatoms. The number of nitrogens with one attached hydrogen (secondary N) is 1. The Morgan fingerprint density at radius 1 is 1.25 bits per heavy atom. The number of carbonyl (C=O) groups excluding carboxylic acids is 1. The fraction of sp³-hybridized carbons (Fsp3) is 0.222. The first-order chi connectivity index (χ1) is 11.6. The summed E-state index contributed by atoms with van der Waals surface area (Å²) in [5, 5.41) is 3.61. The van der Waals surface area contributed by atoms with Crippen LogP contribution in [0.2, 0.25) is 5.02 Å². The molecular weight excluding hydrogens is 344 g/mol. The second kappa shape index (κ2) is 7.73. The zero-order valence-corrected chi connectivity index (χ0v) is 14.8. The van der Waals surface area contributed by atoms with Gasteiger partial charge in [-0.05, 0) is 35.9 Å². The van der Waals surface area contributed by atoms with E-state index in [1.807, 2.05) is 49.4 Å². The first-order valence-corrected chi connectivity index (χ1v) is 9.19. The molecule has 0 fully saturated rings. The zero-order valence-electron chi connectivity index (χ0n) is 13.2. The van der Waals surface area contributed by atoms with E-state index in [1.54, 1.807) is 11.8 Å². The molecule has 1 N–H and O–H groups in total. The molecule has 0 aliphatic heterocycles. The van der Waals surface area contributed by atoms with Crippen LogP contribution in [0.15, 0.2) is 46.9 Å². The predicted octanol–water partition coefficient (Wildman–Crippen LogP) is 4.92. The van der Waals surface area contributed by atoms with Crippen molar-refractivity contribution in [3.63, 3.8) is 0 Å². The molecule has 0 aliphatic carbocycles. The third-order valence-electron chi connectivity index (χ3n) is 3.43. The van der Waals surface area contributed by atoms with Gasteiger partial charge in [0.05, 0.1) is 5.75 Å². The molecule has 0 saturated carbocycles. The van der Waals surface area contributed by atoms with Crippen LogP contribution in [0.4, 0.5) is 5.69 Å². The highest BCUT2D eigenvalue weighted by Gasteiger charge is 2.07. The van der Waals surface area contributed by atoms with E-state index >= 15 is 0 Å². The maximum Gasteiger partial charge on any atom is 0.234 e. The number of aryl methyl sites for hydroxylation is 1. The number of benzene rings is 2. The molecule has 0 unspecified atom stereocenters. The van der Waals surface area contributed by atoms with E-state index in [2.05, 4.69) is 10.3 Å². The van der Waals surface area contributed by atoms with E-state index in [1.165, 1.54) is 0 Å². The number of rotatable bonds is 6. The average Bonchev–Trinajstić information content (AvgIpc) is 2.99. The minimum absolute atomic E-state index is 0.0347. The minimum atomic E-state index is -0.0347. The lowest BCUT2D eigenvalue weighted by Crippen LogP contribution is -2.14. The molecule has 1 amide bonds. The molecule has 3 aromatic rings. The van der Waals surface area contributed by atoms with Crippen molar-refractivity contribution in [2.75, 3.05) is 11.1 Å². The molecule has 2 aromatic carbocycles. The number of amides is 1. The number of halogens is 1. The first kappa shape index (κ1) is 16.9. The number of oxazole rings is 1. The Balaban J connectivity index is 1.53. The third-order valence-corrected chi connectivity index (χ3v) is 4.69. The van der Waals surface area contributed by atoms with Crippen LogP contribution in [0.5, 0.6) is 0 Å². The number of thioether (sulfide) groups is 1. The zero-order chi connectivity index (χ0) is 16.9. The first-order valence-electron chi connectivity index (χ1n) is 7.65. The SMILES string of the molecule is CCc1nc2cc(NC(=O)CSCc3ccc(Cl)cc3)ccc2o1. The van der Waals surface area contributed by atoms with Crippen LogP contribution in [-0.4, -0.2) is 16.6 Å². The second-order valence-corrected chi connectivity index (χ2v) is 6.73. The molecule has 0 aliphatic rings. The van der Waals surface area contributed by atoms with E-state index < -0.39 is 0 Å². The maximum absolute atomic E-state index is 12.1. The second-order valence-electron chi connectivity index (χ2n) is 5.31. The van der Waals surface area contributed by atoms with Gasteiger partial charge in [0.1, 0.15) is 5.52 Å². The highest BCUT2D eigenvalue weighted by Crippen LogP contribution is 2.21. The Labute approximate surface area is 149 Å². The number of nitrogens with zero attached hydrogens (tertiary/aromatic N) is 1. The van der Waals surface area contributed by atoms with Gasteiger partial charge in [-0.25, -0.2) is 4.98 Å². The molecule has 0 radical (unpaired) electrons. The van der Waals surface area contributed by atoms with Crippen LogP contribution >= 0.6 is 23.4 Å². The summed E-state index contributed by atoms with van der Waals surface area (Å²) in [5.41, 5.74) is 3.38. The summed E-state index contributed by atoms with van der Waals surface area (Å²) in [4.78, 5) is 16.4. The van der Waals surface area contributed by atoms with Gasteiger partial charge in [-0.15, -0.1) is 11.8 Å². The summed E-state index contributed by atoms with van der Waals surface area (Å²) in [6.45, 7) is 1.99. The molecule has 4 nitrogen and oxygen atoms in total. The lowest BCUT2D eigenvalue weighted by Gasteiger charge is -2.05. The van der Waals surface area contributed by atoms with Crippen molar-refractivity contribution >= 4 is 46.1 Å². The van der Waals surface area contributed by atoms with Crippen LogP contribution in [0.1, 0.15) is 18.4 Å². The van der Waals surface area contributed by atoms with Crippen LogP contribution in [0.25, 0.3) is 11.1 Å². The Morgan fingerprint density at radius 2 is 2.04 bits per heavy atom. The van der Waals surface area contributed by atoms with Crippen LogP contribution in [-0.2, 0) is 17.0 Å². The van der Waals surface area contributed by atoms with Gasteiger partial charge in [-0.3, -0.25) is 4.79 Å². The number of fused-ring (bicyclic) bond motifs is 1. The number of carbonyl (C=O) groups is 1. The van der Waals surface area contributed by atoms with Crippen molar-refractivity contribution in [1.82, 2.24) is 4.98 Å². The Morgan fingerprint density at radius 3 is 2.79 bits per heavy atom. The quantitative estimate of drug-likeness (QED) is 0.678. The lowest BCUT2D eigenvalue weighted by molar-refractivity contribution is -0.113. The maximum atomic E-state index is 12.1. The van der Waals surface area contributed by atoms with E-state index in [0.717, 1.165) is 39.5 Å². The van der Waals surface area contributed by atoms with Gasteiger partial charge in [-0.1, -0.05) is 30.7 Å². The standard InChI is InChI=1S/C18H17ClN2O2S/c1-2-18-21-15-9-14(7-8-16(15)23-18)20-17(22)11-24-10-12-3-5-13(19)6-4-12/h3-9H,2,10-11H2,1H3,(H,20,22). The van der Waals surface area contributed by atoms with Gasteiger partial charge < -0.3 is 9.73 Å². The molecule has 1 aromatic heterocycles. The Hall–Kier alpha value is -1.98. The van der Waals surface area contributed by atoms with Crippen molar-refractivity contribution in [3.8, 4) is 0 Å². The van der Waals surface area contributed by atoms with E-state index in [4.69, 9.17) is 16.0 Å². The van der Waals surface area contributed by atoms with Crippen molar-refractivity contribution in [3.05, 3.63) is 58.9 Å². The van der Waals surface area contributed by atoms with Crippen molar-refractivity contribution in [1.29, 1.82) is 0 Å². The van der Waals surface area contributed by atoms with E-state index in [9.17, 15) is 4.79 Å². The molecule has 0 spiro atoms. The smallest absolute Gasteiger partial charge is 0.234 e. The number of aromatic nitrogens is 1. The summed E-state index contributed by atoms with van der Waals surface area (Å²) in [5.74, 6) is 1.83. The van der Waals surface area contributed by atoms with Gasteiger partial charge in [0.25, 0.3) is 0 Å². The normalized spacial score (nSPS) is 10.9. The van der Waals surface area contributed by atoms with Crippen molar-refractivity contribution in [2.45, 2.75) is 19.1 Å². The molecule has 0 saturated heterocycles. The molecule has 0 atom stereocenters. The fourth-order valence-electron chi connectivity index (χ4n) is 2.24. The number of hydrogen-bond donors (Lipinski definition) is 1. The van der Waals surface area contributed by atoms with E-state index in [0.29, 0.717) is 11.6 Å². The van der Waals surface area contributed by atoms with Crippen molar-refractivity contribution in [2.24, 2.45) is 0 Å². The molecule has 124 valence electrons. The Kier molecular flexibility index (Phi) is 5.43. The Bertz CT molecular complexity index is 846. The minimum Gasteiger partial charge on any atom is -0.441 e. The number of hydrogen-bond acceptors (Lipinski definition) is 4. The molecular formula is C18H17ClN2O2S. The predicted molar refractivity (Wildman–Crippen MR) is 99.6 cm³/mol. The molecule has 0 bridgehead atoms. The third kappa shape index (κ3) is 4.30. The highest BCUT2D eigenvalue weighted by molar-refractivity contribution is 7.99. The van der Waals surface area contributed by atoms with Gasteiger partial charge in [0, 0.05) is 22.9 Å². The summed E-state index contributed by atoms with van der Waals surface area (Å²) in [7, 11) is 0. The van der Waals surface area contributed by atoms with Crippen LogP contribution in [0.3, 0.4) is 0 Å². The summed E-state index contributed by atoms with van der Waals surface area (Å²) < 4.78 is 5.56. The summed E-state index contributed by atoms with van der Waals surface area (Å²) >= 11 is 7.42. The average molecular weight is 361 g/mol. The largest absolute Gasteiger partial charge is 0.441 e. The monoisotopic (exact) mass is 360 g/mol. The topological polar surface area (TPSA) is 55.1 Å². The van der Waals surface area contributed by atoms with Crippen LogP contribution in [0, 0.1) is 0 Å². The van der Waals surface area contributed by atoms with E-state index in [-0.39, 0.29) is 5.91 Å². The lowest BCUT2D eigenvalue weighted by atomic mass is 10.2. The highest BCUT2D eigenvalue weighted by atomic mass is 35.5. The van der Waals surface area contributed by atoms with Gasteiger partial charge in [0.2, 0.25) is 5.91 Å². The molecule has 1 heterocycles. The van der Waals surface area contributed by atoms with Crippen molar-refractivity contribution < 1.29 is 9.21 Å². The molecule has 24 heavy (non-hydrogen) atoms. The molecule has 3 rings (SSSR count). The summed E-state index contributed by atoms with van der Waals surface area (Å²) in [6.07, 6.45) is 0.748. The summed E-state index contributed by atoms with van der Waals surface area (Å²) in [6, 6.07) is 13.1. The van der Waals surface area contributed by atoms with Crippen LogP contribution < -0.4 is 5.32 Å². The van der Waals surface area contributed by atoms with Gasteiger partial charge in [0.15, 0.2) is 11.5 Å². The fourth-order valence-corrected chi connectivity index (χ4v) is 3.16. The van der Waals surface area contributed by atoms with Gasteiger partial charge >= 0.3 is 0 Å².